The maximum absolute atomic E-state index is 13.0. The minimum Gasteiger partial charge on any atom is -0.433 e. The summed E-state index contributed by atoms with van der Waals surface area (Å²) in [4.78, 5) is 4.50. The van der Waals surface area contributed by atoms with Crippen LogP contribution in [0.15, 0.2) is 42.6 Å². The van der Waals surface area contributed by atoms with Gasteiger partial charge in [-0.25, -0.2) is 4.98 Å². The van der Waals surface area contributed by atoms with E-state index in [-0.39, 0.29) is 12.4 Å². The fraction of sp³-hybridized carbons (Fsp3) is 0.435. The molecule has 2 rings (SSSR count). The van der Waals surface area contributed by atoms with Crippen molar-refractivity contribution in [3.63, 3.8) is 0 Å². The number of aliphatic hydroxyl groups is 1. The monoisotopic (exact) mass is 404 g/mol. The number of allylic oxidation sites excluding steroid dienone is 2. The summed E-state index contributed by atoms with van der Waals surface area (Å²) < 4.78 is 30.6. The van der Waals surface area contributed by atoms with E-state index in [2.05, 4.69) is 41.9 Å². The van der Waals surface area contributed by atoms with Gasteiger partial charge in [0, 0.05) is 24.4 Å². The number of hydrogen-bond acceptors (Lipinski definition) is 4. The Morgan fingerprint density at radius 3 is 2.34 bits per heavy atom. The number of ether oxygens (including phenoxy) is 1. The van der Waals surface area contributed by atoms with Crippen molar-refractivity contribution < 1.29 is 18.6 Å². The number of benzene rings is 1. The number of alkyl halides is 2. The van der Waals surface area contributed by atoms with Crippen LogP contribution in [-0.2, 0) is 6.61 Å². The van der Waals surface area contributed by atoms with Gasteiger partial charge in [-0.1, -0.05) is 26.8 Å². The molecule has 0 fully saturated rings. The average Bonchev–Trinajstić information content (AvgIpc) is 2.68. The third-order valence-electron chi connectivity index (χ3n) is 4.76. The largest absolute Gasteiger partial charge is 0.433 e. The average molecular weight is 405 g/mol. The molecule has 1 aromatic carbocycles. The molecular formula is C23H30F2N2O2. The first-order chi connectivity index (χ1) is 13.8. The maximum atomic E-state index is 13.0. The van der Waals surface area contributed by atoms with Gasteiger partial charge in [0.25, 0.3) is 0 Å². The lowest BCUT2D eigenvalue weighted by Gasteiger charge is -2.23. The topological polar surface area (TPSA) is 54.4 Å². The van der Waals surface area contributed by atoms with E-state index in [0.29, 0.717) is 24.3 Å². The smallest absolute Gasteiger partial charge is 0.394 e. The number of halogens is 2. The molecule has 0 saturated heterocycles. The number of aliphatic hydroxyl groups excluding tert-OH is 1. The van der Waals surface area contributed by atoms with Crippen molar-refractivity contribution in [1.29, 1.82) is 0 Å². The number of nitrogens with one attached hydrogen (secondary N) is 1. The van der Waals surface area contributed by atoms with Crippen LogP contribution in [0.3, 0.4) is 0 Å². The Morgan fingerprint density at radius 1 is 1.17 bits per heavy atom. The molecule has 0 unspecified atom stereocenters. The molecule has 2 aromatic rings. The summed E-state index contributed by atoms with van der Waals surface area (Å²) in [5.41, 5.74) is 3.58. The van der Waals surface area contributed by atoms with Crippen LogP contribution in [-0.4, -0.2) is 16.2 Å². The summed E-state index contributed by atoms with van der Waals surface area (Å²) in [6.45, 7) is 7.01. The first-order valence-corrected chi connectivity index (χ1v) is 10.1. The van der Waals surface area contributed by atoms with E-state index < -0.39 is 6.11 Å². The molecule has 0 aliphatic heterocycles. The van der Waals surface area contributed by atoms with Gasteiger partial charge in [0.1, 0.15) is 11.6 Å². The van der Waals surface area contributed by atoms with Crippen LogP contribution in [0.1, 0.15) is 58.1 Å². The molecule has 29 heavy (non-hydrogen) atoms. The Morgan fingerprint density at radius 2 is 1.83 bits per heavy atom. The minimum atomic E-state index is -3.23. The highest BCUT2D eigenvalue weighted by molar-refractivity contribution is 5.80. The number of nitrogens with zero attached hydrogens (tertiary/aromatic N) is 1. The van der Waals surface area contributed by atoms with Crippen molar-refractivity contribution >= 4 is 17.1 Å². The van der Waals surface area contributed by atoms with Gasteiger partial charge in [-0.15, -0.1) is 0 Å². The van der Waals surface area contributed by atoms with Gasteiger partial charge < -0.3 is 15.2 Å². The van der Waals surface area contributed by atoms with Crippen molar-refractivity contribution in [1.82, 2.24) is 4.98 Å². The Balaban J connectivity index is 2.42. The first-order valence-electron chi connectivity index (χ1n) is 10.1. The van der Waals surface area contributed by atoms with Crippen LogP contribution in [0.25, 0.3) is 5.57 Å². The van der Waals surface area contributed by atoms with E-state index in [1.165, 1.54) is 17.7 Å². The SMILES string of the molecule is CC/C=C(/c1c(CO)ccnc1Nc1ccc(OC(C)(F)F)cc1)C(CC)CC. The third kappa shape index (κ3) is 6.26. The van der Waals surface area contributed by atoms with E-state index in [0.717, 1.165) is 30.4 Å². The molecule has 0 atom stereocenters. The Kier molecular flexibility index (Phi) is 8.14. The highest BCUT2D eigenvalue weighted by atomic mass is 19.3. The lowest BCUT2D eigenvalue weighted by Crippen LogP contribution is -2.18. The molecule has 4 nitrogen and oxygen atoms in total. The maximum Gasteiger partial charge on any atom is 0.394 e. The highest BCUT2D eigenvalue weighted by Crippen LogP contribution is 2.36. The molecule has 0 aliphatic rings. The number of hydrogen-bond donors (Lipinski definition) is 2. The fourth-order valence-corrected chi connectivity index (χ4v) is 3.42. The number of anilines is 2. The highest BCUT2D eigenvalue weighted by Gasteiger charge is 2.23. The summed E-state index contributed by atoms with van der Waals surface area (Å²) in [7, 11) is 0. The van der Waals surface area contributed by atoms with Gasteiger partial charge in [-0.3, -0.25) is 0 Å². The molecular weight excluding hydrogens is 374 g/mol. The van der Waals surface area contributed by atoms with Crippen LogP contribution in [0.4, 0.5) is 20.3 Å². The van der Waals surface area contributed by atoms with Crippen molar-refractivity contribution in [2.45, 2.75) is 59.7 Å². The zero-order valence-electron chi connectivity index (χ0n) is 17.5. The van der Waals surface area contributed by atoms with Crippen LogP contribution < -0.4 is 10.1 Å². The second-order valence-electron chi connectivity index (χ2n) is 6.99. The van der Waals surface area contributed by atoms with Crippen molar-refractivity contribution in [3.8, 4) is 5.75 Å². The van der Waals surface area contributed by atoms with Gasteiger partial charge in [0.15, 0.2) is 0 Å². The molecule has 0 spiro atoms. The van der Waals surface area contributed by atoms with Crippen LogP contribution in [0.5, 0.6) is 5.75 Å². The molecule has 1 heterocycles. The quantitative estimate of drug-likeness (QED) is 0.472. The molecule has 1 aromatic heterocycles. The number of rotatable bonds is 10. The van der Waals surface area contributed by atoms with E-state index >= 15 is 0 Å². The predicted molar refractivity (Wildman–Crippen MR) is 113 cm³/mol. The minimum absolute atomic E-state index is 0.0870. The predicted octanol–water partition coefficient (Wildman–Crippen LogP) is 6.54. The third-order valence-corrected chi connectivity index (χ3v) is 4.76. The van der Waals surface area contributed by atoms with E-state index in [1.807, 2.05) is 6.07 Å². The lowest BCUT2D eigenvalue weighted by molar-refractivity contribution is -0.158. The molecule has 158 valence electrons. The van der Waals surface area contributed by atoms with Crippen molar-refractivity contribution in [3.05, 3.63) is 53.7 Å². The van der Waals surface area contributed by atoms with Crippen LogP contribution in [0, 0.1) is 5.92 Å². The van der Waals surface area contributed by atoms with Crippen molar-refractivity contribution in [2.75, 3.05) is 5.32 Å². The fourth-order valence-electron chi connectivity index (χ4n) is 3.42. The summed E-state index contributed by atoms with van der Waals surface area (Å²) in [6, 6.07) is 8.13. The van der Waals surface area contributed by atoms with Gasteiger partial charge in [0.05, 0.1) is 6.61 Å². The molecule has 0 aliphatic carbocycles. The van der Waals surface area contributed by atoms with Gasteiger partial charge >= 0.3 is 6.11 Å². The van der Waals surface area contributed by atoms with E-state index in [1.54, 1.807) is 18.3 Å². The standard InChI is InChI=1S/C23H30F2N2O2/c1-5-8-20(16(6-2)7-3)21-17(15-28)13-14-26-22(21)27-18-9-11-19(12-10-18)29-23(4,24)25/h8-14,16,28H,5-7,15H2,1-4H3,(H,26,27)/b20-8+. The molecule has 0 saturated carbocycles. The van der Waals surface area contributed by atoms with Gasteiger partial charge in [-0.2, -0.15) is 8.78 Å². The molecule has 2 N–H and O–H groups in total. The Bertz CT molecular complexity index is 811. The zero-order chi connectivity index (χ0) is 21.4. The first kappa shape index (κ1) is 22.8. The summed E-state index contributed by atoms with van der Waals surface area (Å²) in [5, 5.41) is 13.2. The molecule has 0 radical (unpaired) electrons. The number of aromatic nitrogens is 1. The van der Waals surface area contributed by atoms with Gasteiger partial charge in [0.2, 0.25) is 0 Å². The Labute approximate surface area is 171 Å². The summed E-state index contributed by atoms with van der Waals surface area (Å²) >= 11 is 0. The second-order valence-corrected chi connectivity index (χ2v) is 6.99. The lowest BCUT2D eigenvalue weighted by atomic mass is 9.85. The Hall–Kier alpha value is -2.47. The van der Waals surface area contributed by atoms with Crippen LogP contribution >= 0.6 is 0 Å². The van der Waals surface area contributed by atoms with Crippen molar-refractivity contribution in [2.24, 2.45) is 5.92 Å². The van der Waals surface area contributed by atoms with Crippen LogP contribution in [0.2, 0.25) is 0 Å². The van der Waals surface area contributed by atoms with E-state index in [4.69, 9.17) is 0 Å². The second kappa shape index (κ2) is 10.3. The molecule has 0 bridgehead atoms. The van der Waals surface area contributed by atoms with Gasteiger partial charge in [-0.05, 0) is 66.6 Å². The zero-order valence-corrected chi connectivity index (χ0v) is 17.5. The summed E-state index contributed by atoms with van der Waals surface area (Å²) in [5.74, 6) is 1.08. The summed E-state index contributed by atoms with van der Waals surface area (Å²) in [6.07, 6.45) is 3.47. The molecule has 6 heteroatoms. The van der Waals surface area contributed by atoms with E-state index in [9.17, 15) is 13.9 Å². The normalized spacial score (nSPS) is 12.3. The molecule has 0 amide bonds. The number of pyridine rings is 1.